The fraction of sp³-hybridized carbons (Fsp3) is 0.211. The van der Waals surface area contributed by atoms with E-state index in [0.717, 1.165) is 16.9 Å². The van der Waals surface area contributed by atoms with Crippen LogP contribution in [0.5, 0.6) is 0 Å². The van der Waals surface area contributed by atoms with Crippen molar-refractivity contribution in [2.45, 2.75) is 13.8 Å². The van der Waals surface area contributed by atoms with Crippen LogP contribution in [-0.4, -0.2) is 35.0 Å². The number of hydrogen-bond donors (Lipinski definition) is 1. The number of hydrogen-bond acceptors (Lipinski definition) is 4. The van der Waals surface area contributed by atoms with Crippen LogP contribution in [0.1, 0.15) is 21.7 Å². The molecule has 1 aromatic heterocycles. The van der Waals surface area contributed by atoms with Gasteiger partial charge >= 0.3 is 0 Å². The van der Waals surface area contributed by atoms with Gasteiger partial charge in [-0.25, -0.2) is 4.68 Å². The first-order valence-electron chi connectivity index (χ1n) is 8.14. The maximum Gasteiger partial charge on any atom is 0.278 e. The van der Waals surface area contributed by atoms with Crippen LogP contribution in [0, 0.1) is 13.8 Å². The molecule has 1 amide bonds. The maximum absolute atomic E-state index is 12.7. The Balaban J connectivity index is 1.90. The Morgan fingerprint density at radius 2 is 1.81 bits per heavy atom. The molecule has 0 unspecified atom stereocenters. The number of halogens is 1. The predicted octanol–water partition coefficient (Wildman–Crippen LogP) is 3.86. The van der Waals surface area contributed by atoms with Crippen LogP contribution in [0.2, 0.25) is 5.02 Å². The van der Waals surface area contributed by atoms with Gasteiger partial charge < -0.3 is 10.2 Å². The zero-order chi connectivity index (χ0) is 18.8. The largest absolute Gasteiger partial charge is 0.376 e. The monoisotopic (exact) mass is 369 g/mol. The summed E-state index contributed by atoms with van der Waals surface area (Å²) in [6.07, 6.45) is 0. The molecule has 0 spiro atoms. The molecule has 26 heavy (non-hydrogen) atoms. The van der Waals surface area contributed by atoms with Gasteiger partial charge in [-0.05, 0) is 44.2 Å². The Morgan fingerprint density at radius 1 is 1.12 bits per heavy atom. The van der Waals surface area contributed by atoms with Crippen molar-refractivity contribution in [3.05, 3.63) is 64.4 Å². The van der Waals surface area contributed by atoms with E-state index in [1.165, 1.54) is 0 Å². The van der Waals surface area contributed by atoms with Crippen LogP contribution in [0.4, 0.5) is 11.4 Å². The smallest absolute Gasteiger partial charge is 0.278 e. The number of amides is 1. The van der Waals surface area contributed by atoms with Crippen molar-refractivity contribution in [1.82, 2.24) is 15.0 Å². The highest BCUT2D eigenvalue weighted by atomic mass is 35.5. The molecule has 0 aliphatic rings. The third-order valence-corrected chi connectivity index (χ3v) is 4.31. The van der Waals surface area contributed by atoms with Crippen LogP contribution in [0.15, 0.2) is 42.5 Å². The highest BCUT2D eigenvalue weighted by Crippen LogP contribution is 2.28. The van der Waals surface area contributed by atoms with E-state index in [4.69, 9.17) is 11.6 Å². The first kappa shape index (κ1) is 17.9. The van der Waals surface area contributed by atoms with Gasteiger partial charge in [-0.15, -0.1) is 5.10 Å². The third-order valence-electron chi connectivity index (χ3n) is 4.08. The van der Waals surface area contributed by atoms with Crippen molar-refractivity contribution in [2.24, 2.45) is 0 Å². The molecule has 0 saturated heterocycles. The van der Waals surface area contributed by atoms with E-state index in [2.05, 4.69) is 15.6 Å². The standard InChI is InChI=1S/C19H20ClN5O/c1-12-5-8-15(9-6-12)25-13(2)18(22-23-25)19(26)21-16-11-14(20)7-10-17(16)24(3)4/h5-11H,1-4H3,(H,21,26). The Morgan fingerprint density at radius 3 is 2.46 bits per heavy atom. The van der Waals surface area contributed by atoms with E-state index in [1.807, 2.05) is 63.2 Å². The van der Waals surface area contributed by atoms with Gasteiger partial charge in [-0.1, -0.05) is 34.5 Å². The summed E-state index contributed by atoms with van der Waals surface area (Å²) in [6.45, 7) is 3.84. The average molecular weight is 370 g/mol. The summed E-state index contributed by atoms with van der Waals surface area (Å²) >= 11 is 6.08. The number of carbonyl (C=O) groups is 1. The topological polar surface area (TPSA) is 63.1 Å². The minimum Gasteiger partial charge on any atom is -0.376 e. The molecule has 134 valence electrons. The minimum absolute atomic E-state index is 0.273. The molecule has 7 heteroatoms. The molecule has 3 rings (SSSR count). The number of aryl methyl sites for hydroxylation is 1. The fourth-order valence-electron chi connectivity index (χ4n) is 2.65. The van der Waals surface area contributed by atoms with Crippen molar-refractivity contribution in [2.75, 3.05) is 24.3 Å². The first-order chi connectivity index (χ1) is 12.4. The lowest BCUT2D eigenvalue weighted by atomic mass is 10.2. The first-order valence-corrected chi connectivity index (χ1v) is 8.52. The van der Waals surface area contributed by atoms with E-state index in [-0.39, 0.29) is 11.6 Å². The Kier molecular flexibility index (Phi) is 4.95. The molecule has 0 fully saturated rings. The molecular formula is C19H20ClN5O. The van der Waals surface area contributed by atoms with E-state index < -0.39 is 0 Å². The lowest BCUT2D eigenvalue weighted by Crippen LogP contribution is -2.18. The molecule has 0 atom stereocenters. The molecule has 1 heterocycles. The number of rotatable bonds is 4. The molecule has 1 N–H and O–H groups in total. The van der Waals surface area contributed by atoms with Crippen LogP contribution in [-0.2, 0) is 0 Å². The van der Waals surface area contributed by atoms with Crippen molar-refractivity contribution >= 4 is 28.9 Å². The van der Waals surface area contributed by atoms with Gasteiger partial charge in [-0.2, -0.15) is 0 Å². The Bertz CT molecular complexity index is 947. The summed E-state index contributed by atoms with van der Waals surface area (Å²) in [5.41, 5.74) is 4.43. The number of nitrogens with zero attached hydrogens (tertiary/aromatic N) is 4. The van der Waals surface area contributed by atoms with E-state index >= 15 is 0 Å². The molecule has 6 nitrogen and oxygen atoms in total. The molecule has 0 saturated carbocycles. The summed E-state index contributed by atoms with van der Waals surface area (Å²) in [6, 6.07) is 13.2. The van der Waals surface area contributed by atoms with E-state index in [0.29, 0.717) is 16.4 Å². The average Bonchev–Trinajstić information content (AvgIpc) is 2.97. The minimum atomic E-state index is -0.328. The summed E-state index contributed by atoms with van der Waals surface area (Å²) in [4.78, 5) is 14.6. The van der Waals surface area contributed by atoms with Gasteiger partial charge in [0.15, 0.2) is 5.69 Å². The Hall–Kier alpha value is -2.86. The van der Waals surface area contributed by atoms with Gasteiger partial charge in [0.25, 0.3) is 5.91 Å². The number of benzene rings is 2. The SMILES string of the molecule is Cc1ccc(-n2nnc(C(=O)Nc3cc(Cl)ccc3N(C)C)c2C)cc1. The summed E-state index contributed by atoms with van der Waals surface area (Å²) in [5.74, 6) is -0.328. The molecule has 0 radical (unpaired) electrons. The van der Waals surface area contributed by atoms with Crippen LogP contribution >= 0.6 is 11.6 Å². The molecule has 0 aliphatic carbocycles. The summed E-state index contributed by atoms with van der Waals surface area (Å²) in [5, 5.41) is 11.6. The van der Waals surface area contributed by atoms with E-state index in [9.17, 15) is 4.79 Å². The second-order valence-electron chi connectivity index (χ2n) is 6.28. The second-order valence-corrected chi connectivity index (χ2v) is 6.72. The number of aromatic nitrogens is 3. The normalized spacial score (nSPS) is 10.7. The van der Waals surface area contributed by atoms with Gasteiger partial charge in [0.1, 0.15) is 0 Å². The van der Waals surface area contributed by atoms with Crippen molar-refractivity contribution in [3.8, 4) is 5.69 Å². The second kappa shape index (κ2) is 7.17. The van der Waals surface area contributed by atoms with Crippen molar-refractivity contribution < 1.29 is 4.79 Å². The molecular weight excluding hydrogens is 350 g/mol. The number of anilines is 2. The van der Waals surface area contributed by atoms with E-state index in [1.54, 1.807) is 16.8 Å². The quantitative estimate of drug-likeness (QED) is 0.758. The predicted molar refractivity (Wildman–Crippen MR) is 105 cm³/mol. The number of carbonyl (C=O) groups excluding carboxylic acids is 1. The zero-order valence-electron chi connectivity index (χ0n) is 15.1. The zero-order valence-corrected chi connectivity index (χ0v) is 15.9. The van der Waals surface area contributed by atoms with Gasteiger partial charge in [0.05, 0.1) is 22.8 Å². The molecule has 3 aromatic rings. The van der Waals surface area contributed by atoms with Gasteiger partial charge in [0.2, 0.25) is 0 Å². The van der Waals surface area contributed by atoms with Gasteiger partial charge in [0, 0.05) is 19.1 Å². The molecule has 2 aromatic carbocycles. The lowest BCUT2D eigenvalue weighted by Gasteiger charge is -2.18. The summed E-state index contributed by atoms with van der Waals surface area (Å²) < 4.78 is 1.65. The van der Waals surface area contributed by atoms with Crippen LogP contribution < -0.4 is 10.2 Å². The fourth-order valence-corrected chi connectivity index (χ4v) is 2.82. The highest BCUT2D eigenvalue weighted by molar-refractivity contribution is 6.31. The van der Waals surface area contributed by atoms with Gasteiger partial charge in [-0.3, -0.25) is 4.79 Å². The molecule has 0 bridgehead atoms. The summed E-state index contributed by atoms with van der Waals surface area (Å²) in [7, 11) is 3.80. The van der Waals surface area contributed by atoms with Crippen molar-refractivity contribution in [1.29, 1.82) is 0 Å². The maximum atomic E-state index is 12.7. The van der Waals surface area contributed by atoms with Crippen LogP contribution in [0.25, 0.3) is 5.69 Å². The lowest BCUT2D eigenvalue weighted by molar-refractivity contribution is 0.102. The Labute approximate surface area is 157 Å². The number of nitrogens with one attached hydrogen (secondary N) is 1. The molecule has 0 aliphatic heterocycles. The van der Waals surface area contributed by atoms with Crippen LogP contribution in [0.3, 0.4) is 0 Å². The highest BCUT2D eigenvalue weighted by Gasteiger charge is 2.19. The third kappa shape index (κ3) is 3.55. The van der Waals surface area contributed by atoms with Crippen molar-refractivity contribution in [3.63, 3.8) is 0 Å².